The van der Waals surface area contributed by atoms with Crippen LogP contribution in [0.15, 0.2) is 17.1 Å². The summed E-state index contributed by atoms with van der Waals surface area (Å²) in [7, 11) is 0. The highest BCUT2D eigenvalue weighted by molar-refractivity contribution is 5.62. The number of rotatable bonds is 17. The van der Waals surface area contributed by atoms with Gasteiger partial charge in [-0.3, -0.25) is 9.89 Å². The summed E-state index contributed by atoms with van der Waals surface area (Å²) in [6, 6.07) is 0. The van der Waals surface area contributed by atoms with Crippen molar-refractivity contribution in [1.29, 1.82) is 0 Å². The first-order valence-electron chi connectivity index (χ1n) is 10.9. The van der Waals surface area contributed by atoms with E-state index in [2.05, 4.69) is 29.0 Å². The Hall–Kier alpha value is -0.670. The van der Waals surface area contributed by atoms with E-state index in [1.807, 2.05) is 6.21 Å². The summed E-state index contributed by atoms with van der Waals surface area (Å²) in [5.41, 5.74) is 0. The maximum absolute atomic E-state index is 9.05. The highest BCUT2D eigenvalue weighted by Crippen LogP contribution is 2.16. The Morgan fingerprint density at radius 1 is 0.920 bits per heavy atom. The van der Waals surface area contributed by atoms with Gasteiger partial charge in [0.1, 0.15) is 6.17 Å². The molecule has 0 bridgehead atoms. The Bertz CT molecular complexity index is 341. The van der Waals surface area contributed by atoms with E-state index in [1.54, 1.807) is 0 Å². The SMILES string of the molecule is CCCCCCCC/C=C/CCCCCCCC1N=CCN1CCO. The van der Waals surface area contributed by atoms with E-state index in [4.69, 9.17) is 5.11 Å². The van der Waals surface area contributed by atoms with E-state index in [0.29, 0.717) is 6.17 Å². The van der Waals surface area contributed by atoms with E-state index >= 15 is 0 Å². The Kier molecular flexibility index (Phi) is 15.0. The van der Waals surface area contributed by atoms with E-state index in [0.717, 1.165) is 19.5 Å². The van der Waals surface area contributed by atoms with Gasteiger partial charge in [0.2, 0.25) is 0 Å². The molecule has 1 rings (SSSR count). The standard InChI is InChI=1S/C22H42N2O/c1-2-3-4-5-6-7-8-9-10-11-12-13-14-15-16-17-22-23-18-19-24(22)20-21-25/h9-10,18,22,25H,2-8,11-17,19-21H2,1H3/b10-9+. The molecule has 0 aliphatic carbocycles. The topological polar surface area (TPSA) is 35.8 Å². The molecule has 0 aromatic rings. The van der Waals surface area contributed by atoms with Crippen LogP contribution in [0.2, 0.25) is 0 Å². The number of aliphatic hydroxyl groups is 1. The lowest BCUT2D eigenvalue weighted by molar-refractivity contribution is 0.176. The van der Waals surface area contributed by atoms with Crippen LogP contribution in [0.1, 0.15) is 96.8 Å². The molecule has 0 radical (unpaired) electrons. The molecular formula is C22H42N2O. The lowest BCUT2D eigenvalue weighted by Gasteiger charge is -2.21. The number of aliphatic imine (C=N–C) groups is 1. The number of aliphatic hydroxyl groups excluding tert-OH is 1. The van der Waals surface area contributed by atoms with Crippen LogP contribution in [0, 0.1) is 0 Å². The van der Waals surface area contributed by atoms with Crippen molar-refractivity contribution in [3.8, 4) is 0 Å². The highest BCUT2D eigenvalue weighted by Gasteiger charge is 2.19. The molecule has 0 fully saturated rings. The summed E-state index contributed by atoms with van der Waals surface area (Å²) in [5, 5.41) is 9.05. The largest absolute Gasteiger partial charge is 0.395 e. The lowest BCUT2D eigenvalue weighted by Crippen LogP contribution is -2.32. The molecule has 1 heterocycles. The molecule has 0 aromatic carbocycles. The third-order valence-electron chi connectivity index (χ3n) is 5.13. The van der Waals surface area contributed by atoms with Gasteiger partial charge >= 0.3 is 0 Å². The van der Waals surface area contributed by atoms with Crippen molar-refractivity contribution >= 4 is 6.21 Å². The summed E-state index contributed by atoms with van der Waals surface area (Å²) in [6.45, 7) is 4.19. The minimum Gasteiger partial charge on any atom is -0.395 e. The van der Waals surface area contributed by atoms with Crippen molar-refractivity contribution in [2.75, 3.05) is 19.7 Å². The zero-order valence-corrected chi connectivity index (χ0v) is 16.7. The Morgan fingerprint density at radius 3 is 2.16 bits per heavy atom. The van der Waals surface area contributed by atoms with Crippen molar-refractivity contribution in [2.24, 2.45) is 4.99 Å². The van der Waals surface area contributed by atoms with Gasteiger partial charge in [-0.05, 0) is 38.5 Å². The quantitative estimate of drug-likeness (QED) is 0.269. The number of hydrogen-bond acceptors (Lipinski definition) is 3. The van der Waals surface area contributed by atoms with Crippen molar-refractivity contribution in [3.05, 3.63) is 12.2 Å². The molecule has 0 spiro atoms. The van der Waals surface area contributed by atoms with Gasteiger partial charge in [-0.2, -0.15) is 0 Å². The van der Waals surface area contributed by atoms with Crippen molar-refractivity contribution < 1.29 is 5.11 Å². The van der Waals surface area contributed by atoms with Gasteiger partial charge in [0.05, 0.1) is 6.61 Å². The number of hydrogen-bond donors (Lipinski definition) is 1. The predicted octanol–water partition coefficient (Wildman–Crippen LogP) is 5.73. The average Bonchev–Trinajstić information content (AvgIpc) is 3.06. The fourth-order valence-electron chi connectivity index (χ4n) is 3.51. The monoisotopic (exact) mass is 350 g/mol. The summed E-state index contributed by atoms with van der Waals surface area (Å²) in [5.74, 6) is 0. The van der Waals surface area contributed by atoms with Crippen molar-refractivity contribution in [2.45, 2.75) is 103 Å². The van der Waals surface area contributed by atoms with Crippen molar-refractivity contribution in [1.82, 2.24) is 4.90 Å². The molecule has 1 unspecified atom stereocenters. The third kappa shape index (κ3) is 12.3. The van der Waals surface area contributed by atoms with Crippen LogP contribution < -0.4 is 0 Å². The molecule has 25 heavy (non-hydrogen) atoms. The highest BCUT2D eigenvalue weighted by atomic mass is 16.3. The Morgan fingerprint density at radius 2 is 1.52 bits per heavy atom. The molecule has 0 amide bonds. The molecule has 1 atom stereocenters. The first-order valence-corrected chi connectivity index (χ1v) is 10.9. The van der Waals surface area contributed by atoms with Gasteiger partial charge in [0, 0.05) is 19.3 Å². The van der Waals surface area contributed by atoms with Crippen LogP contribution in [0.3, 0.4) is 0 Å². The van der Waals surface area contributed by atoms with Crippen LogP contribution >= 0.6 is 0 Å². The Balaban J connectivity index is 1.81. The molecule has 3 heteroatoms. The van der Waals surface area contributed by atoms with Gasteiger partial charge < -0.3 is 5.11 Å². The molecule has 1 aliphatic rings. The molecule has 3 nitrogen and oxygen atoms in total. The van der Waals surface area contributed by atoms with Gasteiger partial charge in [-0.25, -0.2) is 0 Å². The molecular weight excluding hydrogens is 308 g/mol. The Labute approximate surface area is 156 Å². The summed E-state index contributed by atoms with van der Waals surface area (Å²) >= 11 is 0. The minimum atomic E-state index is 0.242. The fourth-order valence-corrected chi connectivity index (χ4v) is 3.51. The summed E-state index contributed by atoms with van der Waals surface area (Å²) < 4.78 is 0. The third-order valence-corrected chi connectivity index (χ3v) is 5.13. The summed E-state index contributed by atoms with van der Waals surface area (Å²) in [4.78, 5) is 6.79. The smallest absolute Gasteiger partial charge is 0.102 e. The zero-order chi connectivity index (χ0) is 18.0. The maximum atomic E-state index is 9.05. The first-order chi connectivity index (χ1) is 12.4. The molecule has 0 saturated heterocycles. The van der Waals surface area contributed by atoms with Gasteiger partial charge in [0.15, 0.2) is 0 Å². The first kappa shape index (κ1) is 22.4. The molecule has 0 aromatic heterocycles. The minimum absolute atomic E-state index is 0.242. The van der Waals surface area contributed by atoms with E-state index in [1.165, 1.54) is 83.5 Å². The molecule has 146 valence electrons. The van der Waals surface area contributed by atoms with Crippen molar-refractivity contribution in [3.63, 3.8) is 0 Å². The number of β-amino-alcohol motifs (C(OH)–C–C–N with tert-alkyl or cyclic N) is 1. The van der Waals surface area contributed by atoms with Crippen LogP contribution in [0.4, 0.5) is 0 Å². The second-order valence-corrected chi connectivity index (χ2v) is 7.40. The second-order valence-electron chi connectivity index (χ2n) is 7.40. The van der Waals surface area contributed by atoms with Crippen LogP contribution in [-0.2, 0) is 0 Å². The van der Waals surface area contributed by atoms with Gasteiger partial charge in [-0.1, -0.05) is 70.4 Å². The van der Waals surface area contributed by atoms with E-state index in [-0.39, 0.29) is 6.61 Å². The van der Waals surface area contributed by atoms with Gasteiger partial charge in [0.25, 0.3) is 0 Å². The van der Waals surface area contributed by atoms with Crippen LogP contribution in [0.5, 0.6) is 0 Å². The molecule has 0 saturated carbocycles. The second kappa shape index (κ2) is 16.8. The maximum Gasteiger partial charge on any atom is 0.102 e. The van der Waals surface area contributed by atoms with Gasteiger partial charge in [-0.15, -0.1) is 0 Å². The lowest BCUT2D eigenvalue weighted by atomic mass is 10.1. The normalized spacial score (nSPS) is 17.9. The number of unbranched alkanes of at least 4 members (excludes halogenated alkanes) is 11. The molecule has 1 N–H and O–H groups in total. The van der Waals surface area contributed by atoms with Crippen LogP contribution in [0.25, 0.3) is 0 Å². The predicted molar refractivity (Wildman–Crippen MR) is 110 cm³/mol. The number of nitrogens with zero attached hydrogens (tertiary/aromatic N) is 2. The van der Waals surface area contributed by atoms with Crippen LogP contribution in [-0.4, -0.2) is 42.1 Å². The zero-order valence-electron chi connectivity index (χ0n) is 16.7. The molecule has 1 aliphatic heterocycles. The summed E-state index contributed by atoms with van der Waals surface area (Å²) in [6.07, 6.45) is 25.8. The fraction of sp³-hybridized carbons (Fsp3) is 0.864. The van der Waals surface area contributed by atoms with E-state index in [9.17, 15) is 0 Å². The number of allylic oxidation sites excluding steroid dienone is 2. The average molecular weight is 351 g/mol. The van der Waals surface area contributed by atoms with E-state index < -0.39 is 0 Å².